The van der Waals surface area contributed by atoms with Crippen LogP contribution in [0.5, 0.6) is 0 Å². The van der Waals surface area contributed by atoms with E-state index >= 15 is 0 Å². The van der Waals surface area contributed by atoms with Crippen molar-refractivity contribution in [2.24, 2.45) is 0 Å². The molecule has 3 rings (SSSR count). The van der Waals surface area contributed by atoms with Crippen molar-refractivity contribution in [3.8, 4) is 11.3 Å². The van der Waals surface area contributed by atoms with Crippen LogP contribution >= 0.6 is 11.3 Å². The number of benzene rings is 1. The van der Waals surface area contributed by atoms with Gasteiger partial charge in [0.05, 0.1) is 0 Å². The van der Waals surface area contributed by atoms with Gasteiger partial charge in [-0.05, 0) is 16.8 Å². The largest absolute Gasteiger partial charge is 0.285 e. The van der Waals surface area contributed by atoms with Crippen LogP contribution in [0.2, 0.25) is 0 Å². The van der Waals surface area contributed by atoms with Gasteiger partial charge in [-0.15, -0.1) is 41.2 Å². The van der Waals surface area contributed by atoms with Gasteiger partial charge in [0.2, 0.25) is 0 Å². The molecule has 0 aliphatic rings. The van der Waals surface area contributed by atoms with E-state index in [0.717, 1.165) is 15.9 Å². The zero-order valence-corrected chi connectivity index (χ0v) is 11.7. The van der Waals surface area contributed by atoms with Crippen molar-refractivity contribution in [3.63, 3.8) is 0 Å². The van der Waals surface area contributed by atoms with Crippen LogP contribution in [0.1, 0.15) is 0 Å². The summed E-state index contributed by atoms with van der Waals surface area (Å²) in [5.41, 5.74) is 1.39. The van der Waals surface area contributed by atoms with Gasteiger partial charge in [-0.1, -0.05) is 0 Å². The van der Waals surface area contributed by atoms with Crippen molar-refractivity contribution in [2.45, 2.75) is 0 Å². The molecule has 5 heteroatoms. The Hall–Kier alpha value is -1.16. The van der Waals surface area contributed by atoms with Gasteiger partial charge in [0, 0.05) is 31.6 Å². The minimum atomic E-state index is -0.282. The zero-order chi connectivity index (χ0) is 11.0. The van der Waals surface area contributed by atoms with Crippen LogP contribution in [0, 0.1) is 11.9 Å². The van der Waals surface area contributed by atoms with Crippen LogP contribution in [0.4, 0.5) is 4.39 Å². The normalized spacial score (nSPS) is 10.2. The monoisotopic (exact) mass is 422 g/mol. The van der Waals surface area contributed by atoms with Crippen molar-refractivity contribution < 1.29 is 24.5 Å². The number of halogens is 1. The van der Waals surface area contributed by atoms with Crippen molar-refractivity contribution in [1.82, 2.24) is 9.97 Å². The fourth-order valence-electron chi connectivity index (χ4n) is 1.58. The van der Waals surface area contributed by atoms with E-state index in [0.29, 0.717) is 5.56 Å². The number of fused-ring (bicyclic) bond motifs is 1. The molecule has 0 spiro atoms. The van der Waals surface area contributed by atoms with Crippen molar-refractivity contribution >= 4 is 21.6 Å². The van der Waals surface area contributed by atoms with Crippen LogP contribution < -0.4 is 0 Å². The topological polar surface area (TPSA) is 25.8 Å². The Kier molecular flexibility index (Phi) is 3.62. The molecule has 0 aliphatic carbocycles. The molecule has 0 bridgehead atoms. The van der Waals surface area contributed by atoms with Crippen LogP contribution in [-0.2, 0) is 20.1 Å². The SMILES string of the molecule is Fc1cc[c-]c(-c2ncnc3sccc23)c1.[Ir]. The third-order valence-corrected chi connectivity index (χ3v) is 3.10. The molecule has 0 N–H and O–H groups in total. The fourth-order valence-corrected chi connectivity index (χ4v) is 2.31. The minimum absolute atomic E-state index is 0. The van der Waals surface area contributed by atoms with Gasteiger partial charge < -0.3 is 0 Å². The van der Waals surface area contributed by atoms with E-state index < -0.39 is 0 Å². The molecule has 0 saturated heterocycles. The Bertz CT molecular complexity index is 654. The maximum absolute atomic E-state index is 13.1. The first-order chi connectivity index (χ1) is 7.84. The molecule has 2 heterocycles. The maximum atomic E-state index is 13.1. The molecular formula is C12H6FIrN2S-. The molecule has 0 aliphatic heterocycles. The summed E-state index contributed by atoms with van der Waals surface area (Å²) in [4.78, 5) is 9.24. The first kappa shape index (κ1) is 12.3. The molecule has 17 heavy (non-hydrogen) atoms. The second kappa shape index (κ2) is 5.00. The van der Waals surface area contributed by atoms with Gasteiger partial charge in [0.1, 0.15) is 11.2 Å². The van der Waals surface area contributed by atoms with Crippen molar-refractivity contribution in [1.29, 1.82) is 0 Å². The molecule has 2 aromatic heterocycles. The summed E-state index contributed by atoms with van der Waals surface area (Å²) < 4.78 is 13.1. The van der Waals surface area contributed by atoms with Gasteiger partial charge in [0.25, 0.3) is 0 Å². The van der Waals surface area contributed by atoms with E-state index in [4.69, 9.17) is 0 Å². The molecule has 0 saturated carbocycles. The standard InChI is InChI=1S/C12H6FN2S.Ir/c13-9-3-1-2-8(6-9)11-10-4-5-16-12(10)15-7-14-11;/h1,3-7H;/q-1;. The first-order valence-electron chi connectivity index (χ1n) is 4.70. The van der Waals surface area contributed by atoms with Crippen LogP contribution in [0.15, 0.2) is 36.0 Å². The first-order valence-corrected chi connectivity index (χ1v) is 5.58. The Morgan fingerprint density at radius 3 is 2.94 bits per heavy atom. The quantitative estimate of drug-likeness (QED) is 0.564. The van der Waals surface area contributed by atoms with Gasteiger partial charge in [-0.3, -0.25) is 4.98 Å². The molecule has 0 unspecified atom stereocenters. The smallest absolute Gasteiger partial charge is 0.117 e. The minimum Gasteiger partial charge on any atom is -0.285 e. The number of hydrogen-bond donors (Lipinski definition) is 0. The molecule has 3 aromatic rings. The third-order valence-electron chi connectivity index (χ3n) is 2.28. The summed E-state index contributed by atoms with van der Waals surface area (Å²) in [5, 5.41) is 2.89. The number of rotatable bonds is 1. The Labute approximate surface area is 115 Å². The summed E-state index contributed by atoms with van der Waals surface area (Å²) in [6.07, 6.45) is 1.49. The van der Waals surface area contributed by atoms with Crippen LogP contribution in [-0.4, -0.2) is 9.97 Å². The summed E-state index contributed by atoms with van der Waals surface area (Å²) in [5.74, 6) is -0.282. The van der Waals surface area contributed by atoms with E-state index in [2.05, 4.69) is 16.0 Å². The van der Waals surface area contributed by atoms with Gasteiger partial charge in [-0.25, -0.2) is 9.37 Å². The predicted octanol–water partition coefficient (Wildman–Crippen LogP) is 3.30. The molecule has 1 aromatic carbocycles. The van der Waals surface area contributed by atoms with Crippen molar-refractivity contribution in [2.75, 3.05) is 0 Å². The predicted molar refractivity (Wildman–Crippen MR) is 61.6 cm³/mol. The molecule has 1 radical (unpaired) electrons. The zero-order valence-electron chi connectivity index (χ0n) is 8.48. The van der Waals surface area contributed by atoms with Gasteiger partial charge in [-0.2, -0.15) is 0 Å². The summed E-state index contributed by atoms with van der Waals surface area (Å²) in [7, 11) is 0. The average molecular weight is 421 g/mol. The molecule has 0 amide bonds. The molecule has 87 valence electrons. The Morgan fingerprint density at radius 2 is 2.12 bits per heavy atom. The summed E-state index contributed by atoms with van der Waals surface area (Å²) in [6.45, 7) is 0. The Morgan fingerprint density at radius 1 is 1.24 bits per heavy atom. The van der Waals surface area contributed by atoms with E-state index in [9.17, 15) is 4.39 Å². The number of nitrogens with zero attached hydrogens (tertiary/aromatic N) is 2. The van der Waals surface area contributed by atoms with E-state index in [1.54, 1.807) is 17.4 Å². The second-order valence-electron chi connectivity index (χ2n) is 3.28. The molecule has 0 atom stereocenters. The Balaban J connectivity index is 0.00000108. The van der Waals surface area contributed by atoms with Gasteiger partial charge in [0.15, 0.2) is 0 Å². The molecular weight excluding hydrogens is 415 g/mol. The molecule has 2 nitrogen and oxygen atoms in total. The number of thiophene rings is 1. The average Bonchev–Trinajstić information content (AvgIpc) is 2.76. The fraction of sp³-hybridized carbons (Fsp3) is 0. The molecule has 0 fully saturated rings. The number of hydrogen-bond acceptors (Lipinski definition) is 3. The van der Waals surface area contributed by atoms with E-state index in [-0.39, 0.29) is 25.9 Å². The van der Waals surface area contributed by atoms with Crippen LogP contribution in [0.3, 0.4) is 0 Å². The van der Waals surface area contributed by atoms with Gasteiger partial charge >= 0.3 is 0 Å². The van der Waals surface area contributed by atoms with E-state index in [1.807, 2.05) is 11.4 Å². The number of aromatic nitrogens is 2. The summed E-state index contributed by atoms with van der Waals surface area (Å²) in [6, 6.07) is 9.28. The third kappa shape index (κ3) is 2.27. The van der Waals surface area contributed by atoms with E-state index in [1.165, 1.54) is 18.5 Å². The van der Waals surface area contributed by atoms with Crippen LogP contribution in [0.25, 0.3) is 21.5 Å². The second-order valence-corrected chi connectivity index (χ2v) is 4.18. The van der Waals surface area contributed by atoms with Crippen molar-refractivity contribution in [3.05, 3.63) is 47.9 Å². The summed E-state index contributed by atoms with van der Waals surface area (Å²) >= 11 is 1.54. The maximum Gasteiger partial charge on any atom is 0.117 e.